The van der Waals surface area contributed by atoms with Crippen molar-refractivity contribution >= 4 is 26.7 Å². The van der Waals surface area contributed by atoms with Crippen molar-refractivity contribution in [2.75, 3.05) is 23.9 Å². The third-order valence-electron chi connectivity index (χ3n) is 6.41. The van der Waals surface area contributed by atoms with E-state index in [2.05, 4.69) is 20.3 Å². The number of aromatic nitrogens is 3. The number of nitrogens with zero attached hydrogens (tertiary/aromatic N) is 3. The first-order valence-electron chi connectivity index (χ1n) is 11.7. The fraction of sp³-hybridized carbons (Fsp3) is 0.480. The number of halogens is 2. The van der Waals surface area contributed by atoms with Gasteiger partial charge in [0.25, 0.3) is 0 Å². The lowest BCUT2D eigenvalue weighted by atomic mass is 9.93. The Morgan fingerprint density at radius 3 is 2.54 bits per heavy atom. The van der Waals surface area contributed by atoms with Gasteiger partial charge in [0, 0.05) is 17.5 Å². The van der Waals surface area contributed by atoms with Crippen LogP contribution in [0.1, 0.15) is 61.2 Å². The summed E-state index contributed by atoms with van der Waals surface area (Å²) in [6.45, 7) is 4.96. The Labute approximate surface area is 204 Å². The summed E-state index contributed by atoms with van der Waals surface area (Å²) < 4.78 is 58.0. The molecule has 7 nitrogen and oxygen atoms in total. The van der Waals surface area contributed by atoms with E-state index in [1.165, 1.54) is 14.0 Å². The summed E-state index contributed by atoms with van der Waals surface area (Å²) in [6.07, 6.45) is -0.164. The Bertz CT molecular complexity index is 1330. The molecule has 1 aliphatic heterocycles. The molecule has 0 amide bonds. The highest BCUT2D eigenvalue weighted by atomic mass is 32.2. The van der Waals surface area contributed by atoms with Crippen LogP contribution >= 0.6 is 0 Å². The molecule has 1 unspecified atom stereocenters. The summed E-state index contributed by atoms with van der Waals surface area (Å²) in [5.41, 5.74) is 1.97. The van der Waals surface area contributed by atoms with Crippen LogP contribution in [0.4, 0.5) is 14.6 Å². The second-order valence-electron chi connectivity index (χ2n) is 9.17. The third kappa shape index (κ3) is 5.52. The molecule has 3 heterocycles. The molecule has 2 atom stereocenters. The average Bonchev–Trinajstić information content (AvgIpc) is 2.79. The Morgan fingerprint density at radius 2 is 1.89 bits per heavy atom. The third-order valence-corrected chi connectivity index (χ3v) is 8.12. The monoisotopic (exact) mass is 504 g/mol. The van der Waals surface area contributed by atoms with E-state index >= 15 is 4.39 Å². The Balaban J connectivity index is 1.72. The first-order chi connectivity index (χ1) is 16.6. The van der Waals surface area contributed by atoms with E-state index in [0.29, 0.717) is 52.5 Å². The Kier molecular flexibility index (Phi) is 7.21. The number of aryl methyl sites for hydroxylation is 1. The maximum Gasteiger partial charge on any atom is 0.218 e. The van der Waals surface area contributed by atoms with E-state index in [0.717, 1.165) is 5.56 Å². The number of hydrogen-bond donors (Lipinski definition) is 1. The fourth-order valence-electron chi connectivity index (χ4n) is 4.61. The fourth-order valence-corrected chi connectivity index (χ4v) is 6.10. The Morgan fingerprint density at radius 1 is 1.17 bits per heavy atom. The second kappa shape index (κ2) is 10.0. The number of anilines is 1. The number of alkyl halides is 1. The van der Waals surface area contributed by atoms with Gasteiger partial charge >= 0.3 is 0 Å². The van der Waals surface area contributed by atoms with Crippen molar-refractivity contribution in [3.63, 3.8) is 0 Å². The van der Waals surface area contributed by atoms with Crippen molar-refractivity contribution in [1.82, 2.24) is 15.0 Å². The number of pyridine rings is 1. The second-order valence-corrected chi connectivity index (χ2v) is 11.5. The molecule has 3 aromatic rings. The number of fused-ring (bicyclic) bond motifs is 1. The van der Waals surface area contributed by atoms with E-state index in [1.807, 2.05) is 13.0 Å². The predicted octanol–water partition coefficient (Wildman–Crippen LogP) is 4.85. The number of benzene rings is 1. The van der Waals surface area contributed by atoms with Crippen LogP contribution in [-0.4, -0.2) is 48.2 Å². The number of nitrogens with one attached hydrogen (secondary N) is 1. The van der Waals surface area contributed by atoms with E-state index in [-0.39, 0.29) is 23.8 Å². The highest BCUT2D eigenvalue weighted by Gasteiger charge is 2.28. The van der Waals surface area contributed by atoms with Gasteiger partial charge in [-0.1, -0.05) is 18.2 Å². The van der Waals surface area contributed by atoms with Gasteiger partial charge in [-0.15, -0.1) is 0 Å². The van der Waals surface area contributed by atoms with Crippen molar-refractivity contribution in [2.45, 2.75) is 58.2 Å². The highest BCUT2D eigenvalue weighted by Crippen LogP contribution is 2.37. The van der Waals surface area contributed by atoms with Crippen LogP contribution in [0, 0.1) is 12.7 Å². The van der Waals surface area contributed by atoms with Crippen LogP contribution in [0.15, 0.2) is 24.3 Å². The molecule has 1 N–H and O–H groups in total. The number of methoxy groups -OCH3 is 1. The molecule has 10 heteroatoms. The first kappa shape index (κ1) is 25.2. The van der Waals surface area contributed by atoms with Gasteiger partial charge < -0.3 is 10.1 Å². The molecule has 1 saturated heterocycles. The summed E-state index contributed by atoms with van der Waals surface area (Å²) in [4.78, 5) is 13.6. The largest absolute Gasteiger partial charge is 0.481 e. The highest BCUT2D eigenvalue weighted by molar-refractivity contribution is 7.91. The quantitative estimate of drug-likeness (QED) is 0.492. The zero-order chi connectivity index (χ0) is 25.3. The molecule has 1 aliphatic rings. The van der Waals surface area contributed by atoms with E-state index in [4.69, 9.17) is 4.74 Å². The van der Waals surface area contributed by atoms with E-state index in [9.17, 15) is 12.8 Å². The molecule has 0 bridgehead atoms. The summed E-state index contributed by atoms with van der Waals surface area (Å²) in [5, 5.41) is 3.92. The molecular weight excluding hydrogens is 474 g/mol. The molecule has 0 aliphatic carbocycles. The zero-order valence-corrected chi connectivity index (χ0v) is 21.1. The van der Waals surface area contributed by atoms with Crippen molar-refractivity contribution in [1.29, 1.82) is 0 Å². The Hall–Kier alpha value is -2.88. The van der Waals surface area contributed by atoms with E-state index < -0.39 is 27.9 Å². The molecular formula is C25H30F2N4O3S. The molecule has 1 aromatic carbocycles. The predicted molar refractivity (Wildman–Crippen MR) is 132 cm³/mol. The van der Waals surface area contributed by atoms with Crippen LogP contribution in [0.5, 0.6) is 5.88 Å². The SMILES string of the molecule is COc1nc2nc(C)nc(N[C@H](C)c3cccc(CC(C)F)c3F)c2cc1C1CCS(=O)(=O)CC1. The smallest absolute Gasteiger partial charge is 0.218 e. The summed E-state index contributed by atoms with van der Waals surface area (Å²) >= 11 is 0. The zero-order valence-electron chi connectivity index (χ0n) is 20.3. The van der Waals surface area contributed by atoms with Crippen molar-refractivity contribution in [3.05, 3.63) is 52.6 Å². The molecule has 188 valence electrons. The van der Waals surface area contributed by atoms with Gasteiger partial charge in [0.2, 0.25) is 5.88 Å². The standard InChI is InChI=1S/C25H30F2N4O3S/c1-14(26)12-18-6-5-7-19(22(18)27)15(2)28-23-21-13-20(17-8-10-35(32,33)11-9-17)25(34-4)31-24(21)30-16(3)29-23/h5-7,13-15,17H,8-12H2,1-4H3,(H,28,29,30,31)/t14?,15-/m1/s1. The molecule has 4 rings (SSSR count). The van der Waals surface area contributed by atoms with E-state index in [1.54, 1.807) is 25.1 Å². The first-order valence-corrected chi connectivity index (χ1v) is 13.5. The minimum atomic E-state index is -3.02. The topological polar surface area (TPSA) is 94.1 Å². The molecule has 1 fully saturated rings. The van der Waals surface area contributed by atoms with Gasteiger partial charge in [-0.25, -0.2) is 27.2 Å². The van der Waals surface area contributed by atoms with Gasteiger partial charge in [0.15, 0.2) is 5.65 Å². The summed E-state index contributed by atoms with van der Waals surface area (Å²) in [6, 6.07) is 6.42. The van der Waals surface area contributed by atoms with Crippen molar-refractivity contribution in [3.8, 4) is 5.88 Å². The number of hydrogen-bond acceptors (Lipinski definition) is 7. The molecule has 0 spiro atoms. The average molecular weight is 505 g/mol. The number of rotatable bonds is 7. The van der Waals surface area contributed by atoms with Gasteiger partial charge in [-0.3, -0.25) is 0 Å². The minimum Gasteiger partial charge on any atom is -0.481 e. The lowest BCUT2D eigenvalue weighted by molar-refractivity contribution is 0.355. The number of sulfone groups is 1. The maximum absolute atomic E-state index is 15.1. The van der Waals surface area contributed by atoms with Gasteiger partial charge in [-0.2, -0.15) is 4.98 Å². The van der Waals surface area contributed by atoms with Gasteiger partial charge in [-0.05, 0) is 51.2 Å². The van der Waals surface area contributed by atoms with Crippen LogP contribution in [0.2, 0.25) is 0 Å². The van der Waals surface area contributed by atoms with Crippen molar-refractivity contribution in [2.24, 2.45) is 0 Å². The molecule has 35 heavy (non-hydrogen) atoms. The summed E-state index contributed by atoms with van der Waals surface area (Å²) in [7, 11) is -1.49. The minimum absolute atomic E-state index is 0.00607. The van der Waals surface area contributed by atoms with Crippen LogP contribution in [0.3, 0.4) is 0 Å². The maximum atomic E-state index is 15.1. The molecule has 2 aromatic heterocycles. The van der Waals surface area contributed by atoms with Crippen LogP contribution < -0.4 is 10.1 Å². The normalized spacial score (nSPS) is 17.8. The van der Waals surface area contributed by atoms with Crippen LogP contribution in [-0.2, 0) is 16.3 Å². The molecule has 0 radical (unpaired) electrons. The molecule has 0 saturated carbocycles. The lowest BCUT2D eigenvalue weighted by Crippen LogP contribution is -2.22. The lowest BCUT2D eigenvalue weighted by Gasteiger charge is -2.24. The number of ether oxygens (including phenoxy) is 1. The van der Waals surface area contributed by atoms with Gasteiger partial charge in [0.1, 0.15) is 33.5 Å². The van der Waals surface area contributed by atoms with Crippen LogP contribution in [0.25, 0.3) is 11.0 Å². The van der Waals surface area contributed by atoms with Crippen molar-refractivity contribution < 1.29 is 21.9 Å². The summed E-state index contributed by atoms with van der Waals surface area (Å²) in [5.74, 6) is 1.18. The van der Waals surface area contributed by atoms with Gasteiger partial charge in [0.05, 0.1) is 30.0 Å².